The molecule has 12 heteroatoms. The lowest BCUT2D eigenvalue weighted by molar-refractivity contribution is -0.529. The average Bonchev–Trinajstić information content (AvgIpc) is 3.32. The molecule has 4 rings (SSSR count). The minimum Gasteiger partial charge on any atom is -0.387 e. The lowest BCUT2D eigenvalue weighted by Crippen LogP contribution is -2.45. The Morgan fingerprint density at radius 3 is 2.62 bits per heavy atom. The highest BCUT2D eigenvalue weighted by Gasteiger charge is 2.49. The molecule has 0 saturated carbocycles. The van der Waals surface area contributed by atoms with Crippen LogP contribution in [0, 0.1) is 0 Å². The molecule has 6 atom stereocenters. The first kappa shape index (κ1) is 25.2. The molecule has 11 nitrogen and oxygen atoms in total. The third kappa shape index (κ3) is 4.28. The fraction of sp³-hybridized carbons (Fsp3) is 0.727. The normalized spacial score (nSPS) is 27.3. The molecule has 0 aromatic carbocycles. The van der Waals surface area contributed by atoms with Gasteiger partial charge >= 0.3 is 0 Å². The minimum absolute atomic E-state index is 0.0247. The van der Waals surface area contributed by atoms with Gasteiger partial charge in [-0.05, 0) is 31.3 Å². The van der Waals surface area contributed by atoms with Gasteiger partial charge in [0.05, 0.1) is 11.7 Å². The predicted molar refractivity (Wildman–Crippen MR) is 128 cm³/mol. The smallest absolute Gasteiger partial charge is 0.264 e. The van der Waals surface area contributed by atoms with Gasteiger partial charge in [0.1, 0.15) is 18.5 Å². The van der Waals surface area contributed by atoms with E-state index in [1.165, 1.54) is 6.33 Å². The van der Waals surface area contributed by atoms with Crippen LogP contribution in [0.4, 0.5) is 5.82 Å². The Labute approximate surface area is 200 Å². The molecular formula is C22H36N6O5P+. The second-order valence-corrected chi connectivity index (χ2v) is 11.1. The van der Waals surface area contributed by atoms with E-state index in [1.54, 1.807) is 15.9 Å². The van der Waals surface area contributed by atoms with E-state index in [0.717, 1.165) is 24.2 Å². The van der Waals surface area contributed by atoms with Crippen LogP contribution >= 0.6 is 8.03 Å². The van der Waals surface area contributed by atoms with Gasteiger partial charge in [-0.1, -0.05) is 20.8 Å². The standard InChI is InChI=1S/C22H36N6O5P/c1-7-14(8-2)34(31)33-22(5,9-3)10-15-17(29)18(30)21(32-15)28-12-27-13(4)25-26(6)19-16(27)20(28)24-11-23-19/h11-12,14-15,17-18,21,29-30,34H,7-10H2,1-6H3/q+1/t15-,17?,18-,21?,22?/m1/s1. The van der Waals surface area contributed by atoms with Gasteiger partial charge in [-0.15, -0.1) is 0 Å². The van der Waals surface area contributed by atoms with E-state index in [-0.39, 0.29) is 5.66 Å². The highest BCUT2D eigenvalue weighted by molar-refractivity contribution is 7.40. The molecule has 4 heterocycles. The highest BCUT2D eigenvalue weighted by atomic mass is 31.1. The molecule has 2 aliphatic rings. The zero-order valence-electron chi connectivity index (χ0n) is 20.7. The lowest BCUT2D eigenvalue weighted by Gasteiger charge is -2.32. The summed E-state index contributed by atoms with van der Waals surface area (Å²) in [6, 6.07) is 0. The Kier molecular flexibility index (Phi) is 7.13. The number of nitrogens with zero attached hydrogens (tertiary/aromatic N) is 6. The topological polar surface area (TPSA) is 126 Å². The van der Waals surface area contributed by atoms with E-state index in [9.17, 15) is 14.8 Å². The fourth-order valence-corrected chi connectivity index (χ4v) is 6.29. The van der Waals surface area contributed by atoms with E-state index in [1.807, 2.05) is 46.2 Å². The van der Waals surface area contributed by atoms with Crippen molar-refractivity contribution in [3.05, 3.63) is 12.7 Å². The van der Waals surface area contributed by atoms with Crippen molar-refractivity contribution in [3.8, 4) is 0 Å². The number of anilines is 1. The molecule has 0 amide bonds. The second-order valence-electron chi connectivity index (χ2n) is 9.42. The molecule has 34 heavy (non-hydrogen) atoms. The van der Waals surface area contributed by atoms with E-state index in [4.69, 9.17) is 9.26 Å². The molecule has 2 aromatic rings. The zero-order chi connectivity index (χ0) is 24.8. The van der Waals surface area contributed by atoms with Crippen molar-refractivity contribution < 1.29 is 28.6 Å². The molecule has 4 unspecified atom stereocenters. The van der Waals surface area contributed by atoms with Crippen LogP contribution in [0.1, 0.15) is 66.5 Å². The predicted octanol–water partition coefficient (Wildman–Crippen LogP) is 2.21. The van der Waals surface area contributed by atoms with Crippen molar-refractivity contribution in [2.24, 2.45) is 5.10 Å². The fourth-order valence-electron chi connectivity index (χ4n) is 4.74. The molecule has 2 aromatic heterocycles. The number of hydrazone groups is 1. The van der Waals surface area contributed by atoms with Crippen molar-refractivity contribution in [3.63, 3.8) is 0 Å². The maximum Gasteiger partial charge on any atom is 0.264 e. The van der Waals surface area contributed by atoms with E-state index in [2.05, 4.69) is 15.1 Å². The van der Waals surface area contributed by atoms with Gasteiger partial charge < -0.3 is 19.5 Å². The summed E-state index contributed by atoms with van der Waals surface area (Å²) in [5, 5.41) is 28.0. The van der Waals surface area contributed by atoms with E-state index < -0.39 is 38.2 Å². The summed E-state index contributed by atoms with van der Waals surface area (Å²) in [5.41, 5.74) is 0.589. The van der Waals surface area contributed by atoms with Crippen LogP contribution in [0.5, 0.6) is 0 Å². The maximum absolute atomic E-state index is 12.8. The van der Waals surface area contributed by atoms with E-state index in [0.29, 0.717) is 24.3 Å². The lowest BCUT2D eigenvalue weighted by atomic mass is 9.93. The number of hydrogen-bond acceptors (Lipinski definition) is 9. The van der Waals surface area contributed by atoms with Crippen molar-refractivity contribution in [2.45, 2.75) is 96.1 Å². The molecule has 1 fully saturated rings. The number of aliphatic hydroxyl groups excluding tert-OH is 2. The summed E-state index contributed by atoms with van der Waals surface area (Å²) in [5.74, 6) is 1.36. The van der Waals surface area contributed by atoms with Crippen LogP contribution in [0.2, 0.25) is 0 Å². The third-order valence-electron chi connectivity index (χ3n) is 7.12. The molecule has 0 radical (unpaired) electrons. The number of aromatic nitrogens is 4. The van der Waals surface area contributed by atoms with Crippen LogP contribution in [0.25, 0.3) is 11.2 Å². The Bertz CT molecular complexity index is 1100. The number of aliphatic hydroxyl groups is 2. The Morgan fingerprint density at radius 2 is 1.97 bits per heavy atom. The van der Waals surface area contributed by atoms with Gasteiger partial charge in [-0.3, -0.25) is 4.57 Å². The van der Waals surface area contributed by atoms with Crippen molar-refractivity contribution in [1.82, 2.24) is 14.5 Å². The van der Waals surface area contributed by atoms with Gasteiger partial charge in [-0.25, -0.2) is 14.5 Å². The van der Waals surface area contributed by atoms with Crippen molar-refractivity contribution >= 4 is 30.8 Å². The summed E-state index contributed by atoms with van der Waals surface area (Å²) in [4.78, 5) is 8.76. The number of hydrogen-bond donors (Lipinski definition) is 2. The van der Waals surface area contributed by atoms with Crippen LogP contribution in [-0.4, -0.2) is 67.2 Å². The summed E-state index contributed by atoms with van der Waals surface area (Å²) in [7, 11) is -0.454. The van der Waals surface area contributed by atoms with Crippen LogP contribution in [-0.2, 0) is 13.8 Å². The summed E-state index contributed by atoms with van der Waals surface area (Å²) >= 11 is 0. The third-order valence-corrected chi connectivity index (χ3v) is 9.29. The van der Waals surface area contributed by atoms with Crippen LogP contribution in [0.15, 0.2) is 17.8 Å². The van der Waals surface area contributed by atoms with Crippen molar-refractivity contribution in [2.75, 3.05) is 12.1 Å². The van der Waals surface area contributed by atoms with Gasteiger partial charge in [0.25, 0.3) is 5.84 Å². The van der Waals surface area contributed by atoms with E-state index >= 15 is 0 Å². The Morgan fingerprint density at radius 1 is 1.26 bits per heavy atom. The highest BCUT2D eigenvalue weighted by Crippen LogP contribution is 2.44. The van der Waals surface area contributed by atoms with Crippen LogP contribution in [0.3, 0.4) is 0 Å². The van der Waals surface area contributed by atoms with Gasteiger partial charge in [-0.2, -0.15) is 9.58 Å². The van der Waals surface area contributed by atoms with Gasteiger partial charge in [0, 0.05) is 26.1 Å². The molecule has 188 valence electrons. The van der Waals surface area contributed by atoms with Gasteiger partial charge in [0.2, 0.25) is 23.2 Å². The monoisotopic (exact) mass is 495 g/mol. The summed E-state index contributed by atoms with van der Waals surface area (Å²) in [6.45, 7) is 9.75. The Hall–Kier alpha value is -1.91. The summed E-state index contributed by atoms with van der Waals surface area (Å²) in [6.07, 6.45) is 1.82. The molecule has 0 bridgehead atoms. The molecule has 1 saturated heterocycles. The SMILES string of the molecule is CCC(CC)[PH](=O)OC(C)(CC)C[C@H]1OC(n2c[n+]3c4c(ncnc42)N(C)N=C3C)[C@H](O)C1O. The van der Waals surface area contributed by atoms with Crippen molar-refractivity contribution in [1.29, 1.82) is 0 Å². The summed E-state index contributed by atoms with van der Waals surface area (Å²) < 4.78 is 28.7. The molecule has 0 spiro atoms. The average molecular weight is 496 g/mol. The molecule has 2 N–H and O–H groups in total. The first-order valence-electron chi connectivity index (χ1n) is 11.9. The largest absolute Gasteiger partial charge is 0.387 e. The molecular weight excluding hydrogens is 459 g/mol. The number of rotatable bonds is 9. The first-order valence-corrected chi connectivity index (χ1v) is 13.3. The van der Waals surface area contributed by atoms with Gasteiger partial charge in [0.15, 0.2) is 14.4 Å². The van der Waals surface area contributed by atoms with Crippen LogP contribution < -0.4 is 9.58 Å². The second kappa shape index (κ2) is 9.62. The maximum atomic E-state index is 12.8. The molecule has 2 aliphatic heterocycles. The number of ether oxygens (including phenoxy) is 1. The Balaban J connectivity index is 1.60. The first-order chi connectivity index (χ1) is 16.1. The quantitative estimate of drug-likeness (QED) is 0.401. The minimum atomic E-state index is -2.27. The number of imidazole rings is 1. The zero-order valence-corrected chi connectivity index (χ0v) is 21.7. The molecule has 0 aliphatic carbocycles.